The third-order valence-electron chi connectivity index (χ3n) is 7.35. The number of benzene rings is 3. The highest BCUT2D eigenvalue weighted by Crippen LogP contribution is 2.49. The van der Waals surface area contributed by atoms with Gasteiger partial charge in [0.2, 0.25) is 0 Å². The van der Waals surface area contributed by atoms with Gasteiger partial charge in [-0.15, -0.1) is 0 Å². The predicted octanol–water partition coefficient (Wildman–Crippen LogP) is 9.17. The first-order valence-electron chi connectivity index (χ1n) is 14.2. The molecule has 0 saturated heterocycles. The Morgan fingerprint density at radius 1 is 0.659 bits per heavy atom. The van der Waals surface area contributed by atoms with Gasteiger partial charge in [0, 0.05) is 16.7 Å². The largest absolute Gasteiger partial charge is 0.507 e. The SMILES string of the molecule is CC(C)(C)c1ccc(-c2c(C(=O)O)cc(C(C)(C)C)c(OC(=O)c3ccccc3O)c2C(C)(C)C)c(C(C)(C)C)c1. The second-order valence-corrected chi connectivity index (χ2v) is 15.0. The van der Waals surface area contributed by atoms with Crippen LogP contribution in [0.5, 0.6) is 11.5 Å². The van der Waals surface area contributed by atoms with Crippen LogP contribution in [0.2, 0.25) is 0 Å². The van der Waals surface area contributed by atoms with E-state index in [1.54, 1.807) is 18.2 Å². The van der Waals surface area contributed by atoms with Gasteiger partial charge in [0.15, 0.2) is 0 Å². The van der Waals surface area contributed by atoms with E-state index in [-0.39, 0.29) is 27.7 Å². The number of para-hydroxylation sites is 1. The van der Waals surface area contributed by atoms with Gasteiger partial charge in [-0.3, -0.25) is 0 Å². The molecule has 0 heterocycles. The quantitative estimate of drug-likeness (QED) is 0.246. The van der Waals surface area contributed by atoms with Crippen molar-refractivity contribution in [2.45, 2.75) is 105 Å². The summed E-state index contributed by atoms with van der Waals surface area (Å²) < 4.78 is 6.21. The fraction of sp³-hybridized carbons (Fsp3) is 0.444. The van der Waals surface area contributed by atoms with E-state index in [1.807, 2.05) is 47.6 Å². The Kier molecular flexibility index (Phi) is 8.30. The number of hydrogen-bond donors (Lipinski definition) is 2. The summed E-state index contributed by atoms with van der Waals surface area (Å²) in [5.74, 6) is -1.60. The van der Waals surface area contributed by atoms with E-state index in [9.17, 15) is 19.8 Å². The van der Waals surface area contributed by atoms with Crippen LogP contribution in [0.15, 0.2) is 48.5 Å². The molecule has 0 aliphatic carbocycles. The highest BCUT2D eigenvalue weighted by molar-refractivity contribution is 6.01. The molecule has 0 aliphatic heterocycles. The molecular formula is C36H46O5. The van der Waals surface area contributed by atoms with E-state index in [2.05, 4.69) is 53.7 Å². The lowest BCUT2D eigenvalue weighted by atomic mass is 9.71. The monoisotopic (exact) mass is 558 g/mol. The number of phenolic OH excluding ortho intramolecular Hbond substituents is 1. The number of esters is 1. The van der Waals surface area contributed by atoms with Crippen molar-refractivity contribution in [1.82, 2.24) is 0 Å². The molecule has 5 nitrogen and oxygen atoms in total. The van der Waals surface area contributed by atoms with Gasteiger partial charge >= 0.3 is 11.9 Å². The van der Waals surface area contributed by atoms with Crippen molar-refractivity contribution in [3.63, 3.8) is 0 Å². The first-order valence-corrected chi connectivity index (χ1v) is 14.2. The zero-order valence-corrected chi connectivity index (χ0v) is 26.7. The number of carboxylic acids is 1. The van der Waals surface area contributed by atoms with Crippen LogP contribution in [-0.4, -0.2) is 22.2 Å². The average molecular weight is 559 g/mol. The maximum Gasteiger partial charge on any atom is 0.347 e. The predicted molar refractivity (Wildman–Crippen MR) is 167 cm³/mol. The van der Waals surface area contributed by atoms with E-state index in [0.717, 1.165) is 16.7 Å². The minimum atomic E-state index is -1.05. The molecule has 0 spiro atoms. The van der Waals surface area contributed by atoms with E-state index in [0.29, 0.717) is 22.4 Å². The minimum Gasteiger partial charge on any atom is -0.507 e. The molecule has 3 aromatic carbocycles. The Balaban J connectivity index is 2.57. The number of ether oxygens (including phenoxy) is 1. The maximum absolute atomic E-state index is 13.5. The first kappa shape index (κ1) is 31.9. The molecule has 220 valence electrons. The lowest BCUT2D eigenvalue weighted by Gasteiger charge is -2.34. The lowest BCUT2D eigenvalue weighted by Crippen LogP contribution is -2.25. The van der Waals surface area contributed by atoms with Crippen molar-refractivity contribution in [3.05, 3.63) is 81.9 Å². The van der Waals surface area contributed by atoms with Crippen molar-refractivity contribution < 1.29 is 24.5 Å². The van der Waals surface area contributed by atoms with Crippen LogP contribution in [0.3, 0.4) is 0 Å². The van der Waals surface area contributed by atoms with E-state index in [1.165, 1.54) is 12.1 Å². The van der Waals surface area contributed by atoms with Gasteiger partial charge in [0.05, 0.1) is 5.56 Å². The Morgan fingerprint density at radius 2 is 1.22 bits per heavy atom. The number of rotatable bonds is 4. The molecule has 0 bridgehead atoms. The van der Waals surface area contributed by atoms with Crippen molar-refractivity contribution in [2.24, 2.45) is 0 Å². The van der Waals surface area contributed by atoms with Crippen LogP contribution in [-0.2, 0) is 21.7 Å². The van der Waals surface area contributed by atoms with Gasteiger partial charge in [0.25, 0.3) is 0 Å². The fourth-order valence-electron chi connectivity index (χ4n) is 5.14. The second-order valence-electron chi connectivity index (χ2n) is 15.0. The number of carboxylic acid groups (broad SMARTS) is 1. The Labute approximate surface area is 245 Å². The van der Waals surface area contributed by atoms with Gasteiger partial charge in [-0.2, -0.15) is 0 Å². The number of aromatic carboxylic acids is 1. The summed E-state index contributed by atoms with van der Waals surface area (Å²) in [6, 6.07) is 14.2. The minimum absolute atomic E-state index is 0.0426. The molecule has 0 aliphatic rings. The average Bonchev–Trinajstić information content (AvgIpc) is 2.80. The molecule has 3 aromatic rings. The first-order chi connectivity index (χ1) is 18.5. The zero-order chi connectivity index (χ0) is 31.3. The Bertz CT molecular complexity index is 1480. The molecule has 3 rings (SSSR count). The summed E-state index contributed by atoms with van der Waals surface area (Å²) in [6.45, 7) is 24.8. The smallest absolute Gasteiger partial charge is 0.347 e. The lowest BCUT2D eigenvalue weighted by molar-refractivity contribution is 0.0696. The van der Waals surface area contributed by atoms with Gasteiger partial charge in [-0.1, -0.05) is 113 Å². The third kappa shape index (κ3) is 6.66. The molecule has 0 aromatic heterocycles. The van der Waals surface area contributed by atoms with Crippen LogP contribution in [0.4, 0.5) is 0 Å². The summed E-state index contributed by atoms with van der Waals surface area (Å²) >= 11 is 0. The topological polar surface area (TPSA) is 83.8 Å². The summed E-state index contributed by atoms with van der Waals surface area (Å²) in [5.41, 5.74) is 3.38. The molecule has 0 amide bonds. The molecule has 0 radical (unpaired) electrons. The number of carbonyl (C=O) groups is 2. The van der Waals surface area contributed by atoms with Crippen molar-refractivity contribution in [2.75, 3.05) is 0 Å². The van der Waals surface area contributed by atoms with Crippen LogP contribution in [0.1, 0.15) is 126 Å². The summed E-state index contributed by atoms with van der Waals surface area (Å²) in [4.78, 5) is 26.5. The van der Waals surface area contributed by atoms with Gasteiger partial charge in [0.1, 0.15) is 17.1 Å². The van der Waals surface area contributed by atoms with Gasteiger partial charge < -0.3 is 14.9 Å². The summed E-state index contributed by atoms with van der Waals surface area (Å²) in [5, 5.41) is 21.0. The molecular weight excluding hydrogens is 512 g/mol. The highest BCUT2D eigenvalue weighted by atomic mass is 16.5. The maximum atomic E-state index is 13.5. The number of phenols is 1. The summed E-state index contributed by atoms with van der Waals surface area (Å²) in [6.07, 6.45) is 0. The normalized spacial score (nSPS) is 12.8. The van der Waals surface area contributed by atoms with Crippen LogP contribution in [0.25, 0.3) is 11.1 Å². The van der Waals surface area contributed by atoms with E-state index in [4.69, 9.17) is 4.74 Å². The zero-order valence-electron chi connectivity index (χ0n) is 26.7. The number of hydrogen-bond acceptors (Lipinski definition) is 4. The molecule has 0 unspecified atom stereocenters. The van der Waals surface area contributed by atoms with Crippen molar-refractivity contribution in [3.8, 4) is 22.6 Å². The van der Waals surface area contributed by atoms with E-state index >= 15 is 0 Å². The van der Waals surface area contributed by atoms with Gasteiger partial charge in [-0.05, 0) is 56.5 Å². The van der Waals surface area contributed by atoms with Crippen molar-refractivity contribution >= 4 is 11.9 Å². The standard InChI is InChI=1S/C36H46O5/c1-33(2,3)21-17-18-22(25(19-21)34(4,5)6)28-24(31(38)39)20-26(35(7,8)9)30(29(28)36(10,11)12)41-32(40)23-15-13-14-16-27(23)37/h13-20,37H,1-12H3,(H,38,39). The molecule has 41 heavy (non-hydrogen) atoms. The molecule has 0 fully saturated rings. The number of aromatic hydroxyl groups is 1. The molecule has 0 atom stereocenters. The molecule has 2 N–H and O–H groups in total. The Morgan fingerprint density at radius 3 is 1.68 bits per heavy atom. The van der Waals surface area contributed by atoms with Crippen LogP contribution >= 0.6 is 0 Å². The third-order valence-corrected chi connectivity index (χ3v) is 7.35. The molecule has 5 heteroatoms. The highest BCUT2D eigenvalue weighted by Gasteiger charge is 2.37. The van der Waals surface area contributed by atoms with Crippen LogP contribution in [0, 0.1) is 0 Å². The fourth-order valence-corrected chi connectivity index (χ4v) is 5.14. The second kappa shape index (κ2) is 10.7. The number of carbonyl (C=O) groups excluding carboxylic acids is 1. The Hall–Kier alpha value is -3.60. The van der Waals surface area contributed by atoms with Crippen LogP contribution < -0.4 is 4.74 Å². The summed E-state index contributed by atoms with van der Waals surface area (Å²) in [7, 11) is 0. The van der Waals surface area contributed by atoms with Gasteiger partial charge in [-0.25, -0.2) is 9.59 Å². The van der Waals surface area contributed by atoms with Crippen molar-refractivity contribution in [1.29, 1.82) is 0 Å². The molecule has 0 saturated carbocycles. The van der Waals surface area contributed by atoms with E-state index < -0.39 is 22.8 Å².